The van der Waals surface area contributed by atoms with Crippen molar-refractivity contribution in [2.75, 3.05) is 13.7 Å². The van der Waals surface area contributed by atoms with Gasteiger partial charge in [-0.2, -0.15) is 9.41 Å². The Morgan fingerprint density at radius 1 is 1.12 bits per heavy atom. The van der Waals surface area contributed by atoms with Gasteiger partial charge in [-0.15, -0.1) is 0 Å². The molecule has 0 unspecified atom stereocenters. The molecule has 0 heterocycles. The molecule has 0 saturated heterocycles. The summed E-state index contributed by atoms with van der Waals surface area (Å²) in [6, 6.07) is 16.6. The third-order valence-corrected chi connectivity index (χ3v) is 6.73. The number of rotatable bonds is 9. The van der Waals surface area contributed by atoms with E-state index in [1.807, 2.05) is 6.92 Å². The molecule has 0 fully saturated rings. The molecule has 0 aliphatic heterocycles. The number of nitrogens with zero attached hydrogens (tertiary/aromatic N) is 2. The van der Waals surface area contributed by atoms with Gasteiger partial charge in [0.2, 0.25) is 10.0 Å². The molecule has 8 nitrogen and oxygen atoms in total. The van der Waals surface area contributed by atoms with Crippen LogP contribution >= 0.6 is 0 Å². The van der Waals surface area contributed by atoms with Crippen molar-refractivity contribution < 1.29 is 27.4 Å². The number of ether oxygens (including phenoxy) is 1. The van der Waals surface area contributed by atoms with Crippen molar-refractivity contribution >= 4 is 22.1 Å². The van der Waals surface area contributed by atoms with E-state index in [9.17, 15) is 22.7 Å². The number of hydrazone groups is 1. The van der Waals surface area contributed by atoms with Gasteiger partial charge in [0.25, 0.3) is 5.91 Å². The fourth-order valence-corrected chi connectivity index (χ4v) is 4.45. The largest absolute Gasteiger partial charge is 0.504 e. The van der Waals surface area contributed by atoms with Crippen molar-refractivity contribution in [2.24, 2.45) is 5.10 Å². The van der Waals surface area contributed by atoms with Crippen LogP contribution in [0.4, 0.5) is 4.39 Å². The number of amides is 1. The highest BCUT2D eigenvalue weighted by Crippen LogP contribution is 2.28. The minimum absolute atomic E-state index is 0.0213. The predicted molar refractivity (Wildman–Crippen MR) is 126 cm³/mol. The number of benzene rings is 3. The van der Waals surface area contributed by atoms with Gasteiger partial charge in [-0.1, -0.05) is 42.0 Å². The van der Waals surface area contributed by atoms with Gasteiger partial charge in [0.1, 0.15) is 5.82 Å². The molecule has 34 heavy (non-hydrogen) atoms. The Kier molecular flexibility index (Phi) is 7.98. The molecule has 178 valence electrons. The molecular formula is C24H24FN3O5S. The third kappa shape index (κ3) is 5.97. The number of phenols is 1. The standard InChI is InChI=1S/C24H24FN3O5S/c1-17-10-12-20(13-11-17)34(31,32)28(15-19-6-3-4-8-21(19)25)16-23(29)27-26-14-18-7-5-9-22(33-2)24(18)30/h3-14,30H,15-16H2,1-2H3,(H,27,29). The zero-order chi connectivity index (χ0) is 24.7. The molecule has 0 atom stereocenters. The van der Waals surface area contributed by atoms with Crippen LogP contribution in [0.15, 0.2) is 76.7 Å². The lowest BCUT2D eigenvalue weighted by Crippen LogP contribution is -2.39. The van der Waals surface area contributed by atoms with E-state index in [1.54, 1.807) is 36.4 Å². The number of methoxy groups -OCH3 is 1. The average molecular weight is 486 g/mol. The first-order valence-electron chi connectivity index (χ1n) is 10.2. The highest BCUT2D eigenvalue weighted by Gasteiger charge is 2.27. The van der Waals surface area contributed by atoms with E-state index in [0.717, 1.165) is 9.87 Å². The van der Waals surface area contributed by atoms with Gasteiger partial charge in [0.05, 0.1) is 24.8 Å². The highest BCUT2D eigenvalue weighted by atomic mass is 32.2. The van der Waals surface area contributed by atoms with Crippen molar-refractivity contribution in [1.29, 1.82) is 0 Å². The monoisotopic (exact) mass is 485 g/mol. The van der Waals surface area contributed by atoms with E-state index < -0.39 is 28.3 Å². The summed E-state index contributed by atoms with van der Waals surface area (Å²) in [6.45, 7) is 0.863. The summed E-state index contributed by atoms with van der Waals surface area (Å²) in [5, 5.41) is 13.9. The number of hydrogen-bond acceptors (Lipinski definition) is 6. The SMILES string of the molecule is COc1cccc(C=NNC(=O)CN(Cc2ccccc2F)S(=O)(=O)c2ccc(C)cc2)c1O. The van der Waals surface area contributed by atoms with Gasteiger partial charge >= 0.3 is 0 Å². The highest BCUT2D eigenvalue weighted by molar-refractivity contribution is 7.89. The second-order valence-electron chi connectivity index (χ2n) is 7.37. The summed E-state index contributed by atoms with van der Waals surface area (Å²) in [5.74, 6) is -1.26. The number of sulfonamides is 1. The Hall–Kier alpha value is -3.76. The summed E-state index contributed by atoms with van der Waals surface area (Å²) < 4.78 is 46.6. The van der Waals surface area contributed by atoms with E-state index >= 15 is 0 Å². The van der Waals surface area contributed by atoms with Gasteiger partial charge in [-0.05, 0) is 37.3 Å². The van der Waals surface area contributed by atoms with Crippen molar-refractivity contribution in [1.82, 2.24) is 9.73 Å². The fourth-order valence-electron chi connectivity index (χ4n) is 3.08. The summed E-state index contributed by atoms with van der Waals surface area (Å²) in [5.41, 5.74) is 3.51. The van der Waals surface area contributed by atoms with E-state index in [1.165, 1.54) is 43.7 Å². The van der Waals surface area contributed by atoms with Crippen LogP contribution in [0.5, 0.6) is 11.5 Å². The number of para-hydroxylation sites is 1. The first-order valence-corrected chi connectivity index (χ1v) is 11.6. The number of aryl methyl sites for hydroxylation is 1. The lowest BCUT2D eigenvalue weighted by molar-refractivity contribution is -0.121. The number of aromatic hydroxyl groups is 1. The number of carbonyl (C=O) groups excluding carboxylic acids is 1. The van der Waals surface area contributed by atoms with Gasteiger partial charge in [0.15, 0.2) is 11.5 Å². The van der Waals surface area contributed by atoms with Crippen LogP contribution in [0.2, 0.25) is 0 Å². The topological polar surface area (TPSA) is 108 Å². The normalized spacial score (nSPS) is 11.6. The lowest BCUT2D eigenvalue weighted by Gasteiger charge is -2.22. The minimum atomic E-state index is -4.12. The molecule has 3 aromatic carbocycles. The summed E-state index contributed by atoms with van der Waals surface area (Å²) in [7, 11) is -2.72. The summed E-state index contributed by atoms with van der Waals surface area (Å²) >= 11 is 0. The number of nitrogens with one attached hydrogen (secondary N) is 1. The van der Waals surface area contributed by atoms with Crippen LogP contribution < -0.4 is 10.2 Å². The zero-order valence-corrected chi connectivity index (χ0v) is 19.4. The quantitative estimate of drug-likeness (QED) is 0.358. The Bertz CT molecular complexity index is 1290. The van der Waals surface area contributed by atoms with Gasteiger partial charge in [-0.25, -0.2) is 18.2 Å². The molecular weight excluding hydrogens is 461 g/mol. The van der Waals surface area contributed by atoms with E-state index in [4.69, 9.17) is 4.74 Å². The maximum Gasteiger partial charge on any atom is 0.255 e. The molecule has 0 saturated carbocycles. The summed E-state index contributed by atoms with van der Waals surface area (Å²) in [6.07, 6.45) is 1.20. The molecule has 10 heteroatoms. The minimum Gasteiger partial charge on any atom is -0.504 e. The van der Waals surface area contributed by atoms with E-state index in [0.29, 0.717) is 0 Å². The third-order valence-electron chi connectivity index (χ3n) is 4.93. The van der Waals surface area contributed by atoms with Crippen molar-refractivity contribution in [3.05, 3.63) is 89.2 Å². The average Bonchev–Trinajstić information content (AvgIpc) is 2.81. The number of halogens is 1. The van der Waals surface area contributed by atoms with Crippen LogP contribution in [0.25, 0.3) is 0 Å². The van der Waals surface area contributed by atoms with Crippen LogP contribution in [0.3, 0.4) is 0 Å². The van der Waals surface area contributed by atoms with Crippen molar-refractivity contribution in [3.63, 3.8) is 0 Å². The maximum absolute atomic E-state index is 14.2. The van der Waals surface area contributed by atoms with Crippen LogP contribution in [0, 0.1) is 12.7 Å². The second-order valence-corrected chi connectivity index (χ2v) is 9.31. The van der Waals surface area contributed by atoms with E-state index in [-0.39, 0.29) is 34.1 Å². The molecule has 0 bridgehead atoms. The van der Waals surface area contributed by atoms with Crippen LogP contribution in [-0.4, -0.2) is 43.6 Å². The predicted octanol–water partition coefficient (Wildman–Crippen LogP) is 3.19. The Balaban J connectivity index is 1.81. The molecule has 2 N–H and O–H groups in total. The molecule has 3 rings (SSSR count). The number of hydrogen-bond donors (Lipinski definition) is 2. The molecule has 0 aromatic heterocycles. The first-order chi connectivity index (χ1) is 16.2. The Morgan fingerprint density at radius 2 is 1.82 bits per heavy atom. The van der Waals surface area contributed by atoms with Gasteiger partial charge in [0, 0.05) is 17.7 Å². The molecule has 0 radical (unpaired) electrons. The molecule has 0 aliphatic carbocycles. The number of phenolic OH excluding ortho intramolecular Hbond substituents is 1. The van der Waals surface area contributed by atoms with Crippen molar-refractivity contribution in [2.45, 2.75) is 18.4 Å². The zero-order valence-electron chi connectivity index (χ0n) is 18.6. The molecule has 0 spiro atoms. The smallest absolute Gasteiger partial charge is 0.255 e. The first kappa shape index (κ1) is 24.9. The molecule has 1 amide bonds. The Labute approximate surface area is 197 Å². The molecule has 3 aromatic rings. The van der Waals surface area contributed by atoms with Gasteiger partial charge < -0.3 is 9.84 Å². The van der Waals surface area contributed by atoms with Crippen LogP contribution in [0.1, 0.15) is 16.7 Å². The molecule has 0 aliphatic rings. The maximum atomic E-state index is 14.2. The Morgan fingerprint density at radius 3 is 2.50 bits per heavy atom. The summed E-state index contributed by atoms with van der Waals surface area (Å²) in [4.78, 5) is 12.5. The fraction of sp³-hybridized carbons (Fsp3) is 0.167. The number of carbonyl (C=O) groups is 1. The van der Waals surface area contributed by atoms with Gasteiger partial charge in [-0.3, -0.25) is 4.79 Å². The van der Waals surface area contributed by atoms with E-state index in [2.05, 4.69) is 10.5 Å². The lowest BCUT2D eigenvalue weighted by atomic mass is 10.2. The van der Waals surface area contributed by atoms with Crippen LogP contribution in [-0.2, 0) is 21.4 Å². The van der Waals surface area contributed by atoms with Crippen molar-refractivity contribution in [3.8, 4) is 11.5 Å². The second kappa shape index (κ2) is 10.9.